The van der Waals surface area contributed by atoms with E-state index in [1.54, 1.807) is 22.7 Å². The first kappa shape index (κ1) is 17.3. The number of thiazole rings is 1. The number of carbonyl (C=O) groups excluding carboxylic acids is 1. The predicted molar refractivity (Wildman–Crippen MR) is 111 cm³/mol. The van der Waals surface area contributed by atoms with Crippen LogP contribution in [0, 0.1) is 0 Å². The number of hydrogen-bond donors (Lipinski definition) is 1. The number of fused-ring (bicyclic) bond motifs is 1. The molecule has 0 radical (unpaired) electrons. The highest BCUT2D eigenvalue weighted by Gasteiger charge is 2.18. The lowest BCUT2D eigenvalue weighted by Gasteiger charge is -2.17. The van der Waals surface area contributed by atoms with Crippen molar-refractivity contribution in [1.82, 2.24) is 10.3 Å². The van der Waals surface area contributed by atoms with Crippen LogP contribution in [0.15, 0.2) is 76.4 Å². The van der Waals surface area contributed by atoms with Gasteiger partial charge in [0.15, 0.2) is 4.34 Å². The highest BCUT2D eigenvalue weighted by Crippen LogP contribution is 2.30. The fraction of sp³-hybridized carbons (Fsp3) is 0.100. The van der Waals surface area contributed by atoms with Crippen molar-refractivity contribution in [3.8, 4) is 0 Å². The zero-order chi connectivity index (χ0) is 17.8. The number of hydrogen-bond acceptors (Lipinski definition) is 5. The van der Waals surface area contributed by atoms with Gasteiger partial charge in [0.1, 0.15) is 0 Å². The second-order valence-electron chi connectivity index (χ2n) is 5.66. The summed E-state index contributed by atoms with van der Waals surface area (Å²) in [6.07, 6.45) is 0. The molecule has 0 bridgehead atoms. The maximum atomic E-state index is 12.6. The lowest BCUT2D eigenvalue weighted by Crippen LogP contribution is -2.30. The largest absolute Gasteiger partial charge is 0.344 e. The number of carbonyl (C=O) groups is 1. The molecule has 0 fully saturated rings. The average molecular weight is 397 g/mol. The number of para-hydroxylation sites is 1. The molecule has 1 amide bonds. The summed E-state index contributed by atoms with van der Waals surface area (Å²) < 4.78 is 2.07. The molecule has 1 N–H and O–H groups in total. The number of amides is 1. The lowest BCUT2D eigenvalue weighted by atomic mass is 10.1. The molecule has 1 atom stereocenters. The van der Waals surface area contributed by atoms with Crippen molar-refractivity contribution in [2.75, 3.05) is 5.75 Å². The molecule has 0 saturated heterocycles. The van der Waals surface area contributed by atoms with Crippen molar-refractivity contribution >= 4 is 50.6 Å². The number of thiophene rings is 1. The van der Waals surface area contributed by atoms with E-state index in [1.165, 1.54) is 11.8 Å². The Morgan fingerprint density at radius 3 is 2.62 bits per heavy atom. The van der Waals surface area contributed by atoms with E-state index in [-0.39, 0.29) is 11.9 Å². The second-order valence-corrected chi connectivity index (χ2v) is 8.90. The molecular formula is C20H16N2OS3. The summed E-state index contributed by atoms with van der Waals surface area (Å²) >= 11 is 4.77. The quantitative estimate of drug-likeness (QED) is 0.446. The van der Waals surface area contributed by atoms with Crippen LogP contribution in [-0.2, 0) is 4.79 Å². The highest BCUT2D eigenvalue weighted by atomic mass is 32.2. The van der Waals surface area contributed by atoms with Crippen LogP contribution in [0.4, 0.5) is 0 Å². The Hall–Kier alpha value is -2.15. The molecule has 4 rings (SSSR count). The molecule has 3 nitrogen and oxygen atoms in total. The molecule has 2 aromatic heterocycles. The number of rotatable bonds is 6. The van der Waals surface area contributed by atoms with Crippen LogP contribution < -0.4 is 5.32 Å². The predicted octanol–water partition coefficient (Wildman–Crippen LogP) is 5.36. The molecule has 6 heteroatoms. The zero-order valence-corrected chi connectivity index (χ0v) is 16.2. The van der Waals surface area contributed by atoms with Gasteiger partial charge in [-0.25, -0.2) is 4.98 Å². The molecule has 0 saturated carbocycles. The van der Waals surface area contributed by atoms with Gasteiger partial charge in [0.25, 0.3) is 0 Å². The number of nitrogens with one attached hydrogen (secondary N) is 1. The molecule has 0 unspecified atom stereocenters. The number of nitrogens with zero attached hydrogens (tertiary/aromatic N) is 1. The van der Waals surface area contributed by atoms with Gasteiger partial charge in [0, 0.05) is 4.88 Å². The Bertz CT molecular complexity index is 963. The van der Waals surface area contributed by atoms with Crippen molar-refractivity contribution in [3.63, 3.8) is 0 Å². The van der Waals surface area contributed by atoms with E-state index in [0.717, 1.165) is 25.0 Å². The summed E-state index contributed by atoms with van der Waals surface area (Å²) in [5.41, 5.74) is 2.08. The molecular weight excluding hydrogens is 380 g/mol. The van der Waals surface area contributed by atoms with Gasteiger partial charge in [-0.3, -0.25) is 4.79 Å². The Morgan fingerprint density at radius 1 is 1.04 bits per heavy atom. The second kappa shape index (κ2) is 8.03. The number of thioether (sulfide) groups is 1. The van der Waals surface area contributed by atoms with Gasteiger partial charge in [-0.15, -0.1) is 22.7 Å². The van der Waals surface area contributed by atoms with E-state index in [2.05, 4.69) is 22.4 Å². The minimum atomic E-state index is -0.111. The molecule has 0 aliphatic carbocycles. The van der Waals surface area contributed by atoms with E-state index in [1.807, 2.05) is 60.0 Å². The van der Waals surface area contributed by atoms with E-state index in [0.29, 0.717) is 5.75 Å². The summed E-state index contributed by atoms with van der Waals surface area (Å²) in [5.74, 6) is 0.366. The monoisotopic (exact) mass is 396 g/mol. The van der Waals surface area contributed by atoms with E-state index in [9.17, 15) is 4.79 Å². The zero-order valence-electron chi connectivity index (χ0n) is 13.8. The SMILES string of the molecule is O=C(CSc1nc2ccccc2s1)N[C@@H](c1ccccc1)c1cccs1. The van der Waals surface area contributed by atoms with Gasteiger partial charge in [-0.1, -0.05) is 60.3 Å². The summed E-state index contributed by atoms with van der Waals surface area (Å²) in [6, 6.07) is 22.1. The minimum Gasteiger partial charge on any atom is -0.344 e. The third kappa shape index (κ3) is 3.98. The summed E-state index contributed by atoms with van der Waals surface area (Å²) in [6.45, 7) is 0. The van der Waals surface area contributed by atoms with E-state index in [4.69, 9.17) is 0 Å². The van der Waals surface area contributed by atoms with Crippen molar-refractivity contribution in [2.45, 2.75) is 10.4 Å². The molecule has 4 aromatic rings. The maximum Gasteiger partial charge on any atom is 0.231 e. The van der Waals surface area contributed by atoms with E-state index < -0.39 is 0 Å². The fourth-order valence-electron chi connectivity index (χ4n) is 2.66. The van der Waals surface area contributed by atoms with Gasteiger partial charge in [-0.2, -0.15) is 0 Å². The number of benzene rings is 2. The van der Waals surface area contributed by atoms with E-state index >= 15 is 0 Å². The molecule has 0 aliphatic heterocycles. The maximum absolute atomic E-state index is 12.6. The minimum absolute atomic E-state index is 0.0107. The van der Waals surface area contributed by atoms with Gasteiger partial charge in [0.05, 0.1) is 22.0 Å². The lowest BCUT2D eigenvalue weighted by molar-refractivity contribution is -0.119. The Balaban J connectivity index is 1.45. The van der Waals surface area contributed by atoms with Crippen LogP contribution in [0.2, 0.25) is 0 Å². The van der Waals surface area contributed by atoms with Crippen molar-refractivity contribution in [2.24, 2.45) is 0 Å². The Labute approximate surface area is 164 Å². The number of aromatic nitrogens is 1. The van der Waals surface area contributed by atoms with Crippen LogP contribution in [0.3, 0.4) is 0 Å². The smallest absolute Gasteiger partial charge is 0.231 e. The van der Waals surface area contributed by atoms with Crippen LogP contribution >= 0.6 is 34.4 Å². The van der Waals surface area contributed by atoms with Gasteiger partial charge in [-0.05, 0) is 29.1 Å². The Kier molecular flexibility index (Phi) is 5.34. The highest BCUT2D eigenvalue weighted by molar-refractivity contribution is 8.01. The van der Waals surface area contributed by atoms with Gasteiger partial charge >= 0.3 is 0 Å². The first-order valence-electron chi connectivity index (χ1n) is 8.16. The molecule has 130 valence electrons. The standard InChI is InChI=1S/C20H16N2OS3/c23-18(13-25-20-21-15-9-4-5-10-16(15)26-20)22-19(17-11-6-12-24-17)14-7-2-1-3-8-14/h1-12,19H,13H2,(H,22,23)/t19-/m0/s1. The van der Waals surface area contributed by atoms with Gasteiger partial charge in [0.2, 0.25) is 5.91 Å². The Morgan fingerprint density at radius 2 is 1.85 bits per heavy atom. The normalized spacial score (nSPS) is 12.2. The molecule has 0 spiro atoms. The van der Waals surface area contributed by atoms with Crippen molar-refractivity contribution < 1.29 is 4.79 Å². The first-order chi connectivity index (χ1) is 12.8. The summed E-state index contributed by atoms with van der Waals surface area (Å²) in [4.78, 5) is 18.3. The molecule has 2 heterocycles. The summed E-state index contributed by atoms with van der Waals surface area (Å²) in [5, 5.41) is 5.20. The van der Waals surface area contributed by atoms with Crippen molar-refractivity contribution in [3.05, 3.63) is 82.6 Å². The molecule has 0 aliphatic rings. The van der Waals surface area contributed by atoms with Crippen molar-refractivity contribution in [1.29, 1.82) is 0 Å². The summed E-state index contributed by atoms with van der Waals surface area (Å²) in [7, 11) is 0. The van der Waals surface area contributed by atoms with Crippen LogP contribution in [0.25, 0.3) is 10.2 Å². The van der Waals surface area contributed by atoms with Gasteiger partial charge < -0.3 is 5.32 Å². The third-order valence-electron chi connectivity index (χ3n) is 3.87. The van der Waals surface area contributed by atoms with Crippen LogP contribution in [0.1, 0.15) is 16.5 Å². The topological polar surface area (TPSA) is 42.0 Å². The fourth-order valence-corrected chi connectivity index (χ4v) is 5.34. The molecule has 26 heavy (non-hydrogen) atoms. The molecule has 2 aromatic carbocycles. The average Bonchev–Trinajstić information content (AvgIpc) is 3.34. The first-order valence-corrected chi connectivity index (χ1v) is 10.8. The van der Waals surface area contributed by atoms with Crippen LogP contribution in [-0.4, -0.2) is 16.6 Å². The third-order valence-corrected chi connectivity index (χ3v) is 6.98. The van der Waals surface area contributed by atoms with Crippen LogP contribution in [0.5, 0.6) is 0 Å².